The number of hydrazone groups is 1. The van der Waals surface area contributed by atoms with Crippen LogP contribution in [0.3, 0.4) is 0 Å². The summed E-state index contributed by atoms with van der Waals surface area (Å²) >= 11 is 0. The van der Waals surface area contributed by atoms with Crippen molar-refractivity contribution in [2.24, 2.45) is 5.10 Å². The molecular weight excluding hydrogens is 264 g/mol. The molecule has 0 aliphatic heterocycles. The average Bonchev–Trinajstić information content (AvgIpc) is 2.47. The Kier molecular flexibility index (Phi) is 5.75. The zero-order valence-corrected chi connectivity index (χ0v) is 13.1. The number of hydrogen-bond acceptors (Lipinski definition) is 5. The SMILES string of the molecule is COc1c(C(C)C)cc(NN=C(C#N)C#N)cc1C(C)C. The predicted molar refractivity (Wildman–Crippen MR) is 83.5 cm³/mol. The third-order valence-corrected chi connectivity index (χ3v) is 3.10. The van der Waals surface area contributed by atoms with Gasteiger partial charge < -0.3 is 4.74 Å². The van der Waals surface area contributed by atoms with E-state index in [-0.39, 0.29) is 17.5 Å². The van der Waals surface area contributed by atoms with Gasteiger partial charge in [-0.25, -0.2) is 0 Å². The summed E-state index contributed by atoms with van der Waals surface area (Å²) in [4.78, 5) is 0. The van der Waals surface area contributed by atoms with Gasteiger partial charge in [-0.15, -0.1) is 0 Å². The third kappa shape index (κ3) is 3.97. The summed E-state index contributed by atoms with van der Waals surface area (Å²) in [5.41, 5.74) is 5.45. The largest absolute Gasteiger partial charge is 0.496 e. The fourth-order valence-corrected chi connectivity index (χ4v) is 2.03. The van der Waals surface area contributed by atoms with Crippen molar-refractivity contribution in [2.75, 3.05) is 12.5 Å². The van der Waals surface area contributed by atoms with Crippen LogP contribution in [0.2, 0.25) is 0 Å². The summed E-state index contributed by atoms with van der Waals surface area (Å²) in [6.45, 7) is 8.35. The third-order valence-electron chi connectivity index (χ3n) is 3.10. The summed E-state index contributed by atoms with van der Waals surface area (Å²) in [6, 6.07) is 7.31. The Morgan fingerprint density at radius 1 is 1.10 bits per heavy atom. The number of nitrogens with zero attached hydrogens (tertiary/aromatic N) is 3. The molecule has 0 radical (unpaired) electrons. The molecule has 0 aliphatic carbocycles. The minimum Gasteiger partial charge on any atom is -0.496 e. The van der Waals surface area contributed by atoms with Crippen molar-refractivity contribution in [3.8, 4) is 17.9 Å². The molecule has 0 amide bonds. The van der Waals surface area contributed by atoms with E-state index < -0.39 is 0 Å². The number of nitrogens with one attached hydrogen (secondary N) is 1. The van der Waals surface area contributed by atoms with Crippen molar-refractivity contribution in [1.29, 1.82) is 10.5 Å². The predicted octanol–water partition coefficient (Wildman–Crippen LogP) is 3.76. The first-order valence-corrected chi connectivity index (χ1v) is 6.80. The van der Waals surface area contributed by atoms with Crippen LogP contribution in [0, 0.1) is 22.7 Å². The highest BCUT2D eigenvalue weighted by molar-refractivity contribution is 6.10. The molecule has 0 heterocycles. The first kappa shape index (κ1) is 16.5. The second kappa shape index (κ2) is 7.31. The zero-order valence-electron chi connectivity index (χ0n) is 13.1. The van der Waals surface area contributed by atoms with E-state index in [9.17, 15) is 0 Å². The van der Waals surface area contributed by atoms with E-state index in [1.807, 2.05) is 12.1 Å². The molecule has 1 N–H and O–H groups in total. The lowest BCUT2D eigenvalue weighted by atomic mass is 9.93. The zero-order chi connectivity index (χ0) is 16.0. The molecule has 0 spiro atoms. The van der Waals surface area contributed by atoms with Gasteiger partial charge in [-0.05, 0) is 35.1 Å². The van der Waals surface area contributed by atoms with Crippen LogP contribution in [-0.2, 0) is 0 Å². The van der Waals surface area contributed by atoms with Crippen molar-refractivity contribution >= 4 is 11.4 Å². The highest BCUT2D eigenvalue weighted by Crippen LogP contribution is 2.37. The van der Waals surface area contributed by atoms with Gasteiger partial charge in [0, 0.05) is 0 Å². The van der Waals surface area contributed by atoms with Crippen LogP contribution in [0.1, 0.15) is 50.7 Å². The second-order valence-corrected chi connectivity index (χ2v) is 5.29. The Bertz CT molecular complexity index is 573. The maximum atomic E-state index is 8.71. The molecule has 0 fully saturated rings. The quantitative estimate of drug-likeness (QED) is 0.659. The van der Waals surface area contributed by atoms with Crippen LogP contribution in [0.15, 0.2) is 17.2 Å². The molecule has 0 bridgehead atoms. The van der Waals surface area contributed by atoms with E-state index in [1.54, 1.807) is 19.2 Å². The van der Waals surface area contributed by atoms with Crippen molar-refractivity contribution in [2.45, 2.75) is 39.5 Å². The Balaban J connectivity index is 3.33. The van der Waals surface area contributed by atoms with Gasteiger partial charge in [-0.2, -0.15) is 15.6 Å². The molecule has 5 heteroatoms. The second-order valence-electron chi connectivity index (χ2n) is 5.29. The first-order chi connectivity index (χ1) is 9.94. The van der Waals surface area contributed by atoms with E-state index in [2.05, 4.69) is 38.2 Å². The molecule has 0 saturated heterocycles. The Hall–Kier alpha value is -2.53. The molecule has 21 heavy (non-hydrogen) atoms. The van der Waals surface area contributed by atoms with Gasteiger partial charge in [-0.3, -0.25) is 5.43 Å². The van der Waals surface area contributed by atoms with Crippen molar-refractivity contribution in [3.63, 3.8) is 0 Å². The van der Waals surface area contributed by atoms with Crippen molar-refractivity contribution in [3.05, 3.63) is 23.3 Å². The van der Waals surface area contributed by atoms with Crippen LogP contribution >= 0.6 is 0 Å². The summed E-state index contributed by atoms with van der Waals surface area (Å²) < 4.78 is 5.55. The van der Waals surface area contributed by atoms with Gasteiger partial charge >= 0.3 is 0 Å². The van der Waals surface area contributed by atoms with Crippen LogP contribution in [0.4, 0.5) is 5.69 Å². The molecule has 0 unspecified atom stereocenters. The van der Waals surface area contributed by atoms with Crippen molar-refractivity contribution < 1.29 is 4.74 Å². The monoisotopic (exact) mass is 284 g/mol. The number of ether oxygens (including phenoxy) is 1. The molecule has 0 atom stereocenters. The number of rotatable bonds is 5. The number of anilines is 1. The van der Waals surface area contributed by atoms with Gasteiger partial charge in [0.1, 0.15) is 17.9 Å². The van der Waals surface area contributed by atoms with Crippen LogP contribution in [0.5, 0.6) is 5.75 Å². The lowest BCUT2D eigenvalue weighted by molar-refractivity contribution is 0.400. The first-order valence-electron chi connectivity index (χ1n) is 6.80. The normalized spacial score (nSPS) is 9.95. The standard InChI is InChI=1S/C16H20N4O/c1-10(2)14-6-12(19-20-13(8-17)9-18)7-15(11(3)4)16(14)21-5/h6-7,10-11,19H,1-5H3. The van der Waals surface area contributed by atoms with Crippen LogP contribution < -0.4 is 10.2 Å². The smallest absolute Gasteiger partial charge is 0.237 e. The fraction of sp³-hybridized carbons (Fsp3) is 0.438. The Labute approximate surface area is 125 Å². The minimum atomic E-state index is -0.206. The van der Waals surface area contributed by atoms with Gasteiger partial charge in [0.15, 0.2) is 0 Å². The van der Waals surface area contributed by atoms with E-state index in [1.165, 1.54) is 0 Å². The number of benzene rings is 1. The summed E-state index contributed by atoms with van der Waals surface area (Å²) in [6.07, 6.45) is 0. The molecule has 110 valence electrons. The highest BCUT2D eigenvalue weighted by atomic mass is 16.5. The number of hydrogen-bond donors (Lipinski definition) is 1. The molecule has 1 rings (SSSR count). The van der Waals surface area contributed by atoms with Crippen LogP contribution in [0.25, 0.3) is 0 Å². The summed E-state index contributed by atoms with van der Waals surface area (Å²) in [5, 5.41) is 21.2. The van der Waals surface area contributed by atoms with Gasteiger partial charge in [-0.1, -0.05) is 27.7 Å². The molecule has 0 aliphatic rings. The number of nitriles is 2. The van der Waals surface area contributed by atoms with E-state index in [0.717, 1.165) is 22.6 Å². The fourth-order valence-electron chi connectivity index (χ4n) is 2.03. The summed E-state index contributed by atoms with van der Waals surface area (Å²) in [7, 11) is 1.67. The molecular formula is C16H20N4O. The van der Waals surface area contributed by atoms with Crippen molar-refractivity contribution in [1.82, 2.24) is 0 Å². The Morgan fingerprint density at radius 3 is 1.90 bits per heavy atom. The van der Waals surface area contributed by atoms with Gasteiger partial charge in [0.25, 0.3) is 0 Å². The molecule has 0 saturated carbocycles. The summed E-state index contributed by atoms with van der Waals surface area (Å²) in [5.74, 6) is 1.46. The lowest BCUT2D eigenvalue weighted by Crippen LogP contribution is -2.04. The molecule has 1 aromatic rings. The molecule has 0 aromatic heterocycles. The molecule has 5 nitrogen and oxygen atoms in total. The maximum Gasteiger partial charge on any atom is 0.237 e. The lowest BCUT2D eigenvalue weighted by Gasteiger charge is -2.20. The minimum absolute atomic E-state index is 0.206. The van der Waals surface area contributed by atoms with Gasteiger partial charge in [0.05, 0.1) is 12.8 Å². The van der Waals surface area contributed by atoms with E-state index in [4.69, 9.17) is 15.3 Å². The average molecular weight is 284 g/mol. The Morgan fingerprint density at radius 2 is 1.57 bits per heavy atom. The van der Waals surface area contributed by atoms with Gasteiger partial charge in [0.2, 0.25) is 5.71 Å². The van der Waals surface area contributed by atoms with Crippen LogP contribution in [-0.4, -0.2) is 12.8 Å². The van der Waals surface area contributed by atoms with E-state index in [0.29, 0.717) is 0 Å². The number of methoxy groups -OCH3 is 1. The highest BCUT2D eigenvalue weighted by Gasteiger charge is 2.16. The van der Waals surface area contributed by atoms with E-state index >= 15 is 0 Å². The maximum absolute atomic E-state index is 8.71. The topological polar surface area (TPSA) is 81.2 Å². The molecule has 1 aromatic carbocycles.